The number of nitro benzene ring substituents is 1. The zero-order chi connectivity index (χ0) is 15.6. The number of rotatable bonds is 3. The Morgan fingerprint density at radius 2 is 2.05 bits per heavy atom. The van der Waals surface area contributed by atoms with Gasteiger partial charge in [0.05, 0.1) is 10.6 Å². The molecule has 0 unspecified atom stereocenters. The van der Waals surface area contributed by atoms with Gasteiger partial charge in [-0.15, -0.1) is 0 Å². The zero-order valence-electron chi connectivity index (χ0n) is 10.9. The highest BCUT2D eigenvalue weighted by Gasteiger charge is 2.21. The van der Waals surface area contributed by atoms with Gasteiger partial charge in [0.25, 0.3) is 11.6 Å². The zero-order valence-corrected chi connectivity index (χ0v) is 11.6. The van der Waals surface area contributed by atoms with E-state index in [1.54, 1.807) is 13.0 Å². The van der Waals surface area contributed by atoms with Crippen LogP contribution in [0.25, 0.3) is 0 Å². The summed E-state index contributed by atoms with van der Waals surface area (Å²) in [5.74, 6) is -1.41. The predicted molar refractivity (Wildman–Crippen MR) is 77.2 cm³/mol. The van der Waals surface area contributed by atoms with Crippen molar-refractivity contribution >= 4 is 28.9 Å². The smallest absolute Gasteiger partial charge is 0.282 e. The van der Waals surface area contributed by atoms with E-state index >= 15 is 0 Å². The Kier molecular flexibility index (Phi) is 4.18. The molecule has 0 atom stereocenters. The van der Waals surface area contributed by atoms with Crippen LogP contribution in [0.15, 0.2) is 36.4 Å². The van der Waals surface area contributed by atoms with Crippen molar-refractivity contribution in [1.82, 2.24) is 0 Å². The molecule has 0 heterocycles. The molecule has 0 bridgehead atoms. The molecule has 21 heavy (non-hydrogen) atoms. The highest BCUT2D eigenvalue weighted by atomic mass is 35.5. The van der Waals surface area contributed by atoms with Gasteiger partial charge in [-0.3, -0.25) is 14.9 Å². The average molecular weight is 309 g/mol. The molecular formula is C14H10ClFN2O3. The molecule has 1 N–H and O–H groups in total. The molecule has 0 fully saturated rings. The van der Waals surface area contributed by atoms with Crippen LogP contribution >= 0.6 is 11.6 Å². The number of carbonyl (C=O) groups excluding carboxylic acids is 1. The summed E-state index contributed by atoms with van der Waals surface area (Å²) < 4.78 is 13.7. The van der Waals surface area contributed by atoms with E-state index in [0.717, 1.165) is 6.07 Å². The van der Waals surface area contributed by atoms with Crippen LogP contribution in [-0.4, -0.2) is 10.8 Å². The number of anilines is 1. The van der Waals surface area contributed by atoms with Gasteiger partial charge in [-0.05, 0) is 30.7 Å². The molecule has 0 aliphatic carbocycles. The van der Waals surface area contributed by atoms with Gasteiger partial charge in [-0.1, -0.05) is 23.7 Å². The van der Waals surface area contributed by atoms with Gasteiger partial charge in [-0.2, -0.15) is 0 Å². The Hall–Kier alpha value is -2.47. The quantitative estimate of drug-likeness (QED) is 0.689. The van der Waals surface area contributed by atoms with Gasteiger partial charge in [0.1, 0.15) is 11.4 Å². The van der Waals surface area contributed by atoms with Crippen LogP contribution in [0, 0.1) is 22.9 Å². The standard InChI is InChI=1S/C14H10ClFN2O3/c1-8-3-2-4-11(16)13(8)17-14(19)10-7-9(15)5-6-12(10)18(20)21/h2-7H,1H3,(H,17,19). The fraction of sp³-hybridized carbons (Fsp3) is 0.0714. The lowest BCUT2D eigenvalue weighted by Gasteiger charge is -2.09. The molecule has 0 aromatic heterocycles. The Morgan fingerprint density at radius 1 is 1.33 bits per heavy atom. The molecule has 5 nitrogen and oxygen atoms in total. The van der Waals surface area contributed by atoms with E-state index in [4.69, 9.17) is 11.6 Å². The number of amides is 1. The first-order valence-electron chi connectivity index (χ1n) is 5.90. The van der Waals surface area contributed by atoms with Crippen molar-refractivity contribution < 1.29 is 14.1 Å². The van der Waals surface area contributed by atoms with E-state index in [9.17, 15) is 19.3 Å². The lowest BCUT2D eigenvalue weighted by Crippen LogP contribution is -2.15. The summed E-state index contributed by atoms with van der Waals surface area (Å²) in [5, 5.41) is 13.4. The molecule has 0 radical (unpaired) electrons. The van der Waals surface area contributed by atoms with Gasteiger partial charge in [0.2, 0.25) is 0 Å². The molecule has 0 spiro atoms. The van der Waals surface area contributed by atoms with Gasteiger partial charge < -0.3 is 5.32 Å². The first-order chi connectivity index (χ1) is 9.90. The number of para-hydroxylation sites is 1. The van der Waals surface area contributed by atoms with Crippen LogP contribution in [0.3, 0.4) is 0 Å². The largest absolute Gasteiger partial charge is 0.319 e. The fourth-order valence-electron chi connectivity index (χ4n) is 1.82. The maximum Gasteiger partial charge on any atom is 0.282 e. The summed E-state index contributed by atoms with van der Waals surface area (Å²) in [7, 11) is 0. The minimum atomic E-state index is -0.794. The molecular weight excluding hydrogens is 299 g/mol. The lowest BCUT2D eigenvalue weighted by atomic mass is 10.1. The van der Waals surface area contributed by atoms with Crippen molar-refractivity contribution in [3.8, 4) is 0 Å². The van der Waals surface area contributed by atoms with E-state index < -0.39 is 22.3 Å². The minimum Gasteiger partial charge on any atom is -0.319 e. The number of benzene rings is 2. The van der Waals surface area contributed by atoms with Crippen molar-refractivity contribution in [2.45, 2.75) is 6.92 Å². The minimum absolute atomic E-state index is 0.0169. The number of nitrogens with zero attached hydrogens (tertiary/aromatic N) is 1. The van der Waals surface area contributed by atoms with Gasteiger partial charge >= 0.3 is 0 Å². The van der Waals surface area contributed by atoms with Crippen LogP contribution in [0.2, 0.25) is 5.02 Å². The van der Waals surface area contributed by atoms with Crippen molar-refractivity contribution in [3.63, 3.8) is 0 Å². The first-order valence-corrected chi connectivity index (χ1v) is 6.28. The Morgan fingerprint density at radius 3 is 2.67 bits per heavy atom. The molecule has 0 aliphatic heterocycles. The first kappa shape index (κ1) is 14.9. The van der Waals surface area contributed by atoms with E-state index in [2.05, 4.69) is 5.32 Å². The Labute approximate surface area is 124 Å². The third-order valence-corrected chi connectivity index (χ3v) is 3.10. The monoisotopic (exact) mass is 308 g/mol. The molecule has 0 saturated carbocycles. The third kappa shape index (κ3) is 3.17. The normalized spacial score (nSPS) is 10.2. The van der Waals surface area contributed by atoms with Crippen LogP contribution in [0.5, 0.6) is 0 Å². The number of halogens is 2. The summed E-state index contributed by atoms with van der Waals surface area (Å²) in [5.41, 5.74) is -0.133. The number of nitrogens with one attached hydrogen (secondary N) is 1. The van der Waals surface area contributed by atoms with E-state index in [0.29, 0.717) is 5.56 Å². The molecule has 0 aliphatic rings. The summed E-state index contributed by atoms with van der Waals surface area (Å²) in [6.07, 6.45) is 0. The molecule has 2 aromatic rings. The summed E-state index contributed by atoms with van der Waals surface area (Å²) in [4.78, 5) is 22.4. The van der Waals surface area contributed by atoms with E-state index in [1.807, 2.05) is 0 Å². The number of aryl methyl sites for hydroxylation is 1. The topological polar surface area (TPSA) is 72.2 Å². The second-order valence-corrected chi connectivity index (χ2v) is 4.74. The van der Waals surface area contributed by atoms with E-state index in [1.165, 1.54) is 24.3 Å². The second-order valence-electron chi connectivity index (χ2n) is 4.30. The molecule has 0 saturated heterocycles. The predicted octanol–water partition coefficient (Wildman–Crippen LogP) is 3.95. The SMILES string of the molecule is Cc1cccc(F)c1NC(=O)c1cc(Cl)ccc1[N+](=O)[O-]. The maximum absolute atomic E-state index is 13.7. The van der Waals surface area contributed by atoms with Crippen molar-refractivity contribution in [3.05, 3.63) is 68.5 Å². The number of hydrogen-bond acceptors (Lipinski definition) is 3. The van der Waals surface area contributed by atoms with Crippen LogP contribution in [-0.2, 0) is 0 Å². The lowest BCUT2D eigenvalue weighted by molar-refractivity contribution is -0.385. The summed E-state index contributed by atoms with van der Waals surface area (Å²) in [6, 6.07) is 7.92. The summed E-state index contributed by atoms with van der Waals surface area (Å²) in [6.45, 7) is 1.62. The fourth-order valence-corrected chi connectivity index (χ4v) is 1.99. The van der Waals surface area contributed by atoms with Crippen molar-refractivity contribution in [1.29, 1.82) is 0 Å². The van der Waals surface area contributed by atoms with Crippen molar-refractivity contribution in [2.75, 3.05) is 5.32 Å². The molecule has 7 heteroatoms. The van der Waals surface area contributed by atoms with E-state index in [-0.39, 0.29) is 16.3 Å². The summed E-state index contributed by atoms with van der Waals surface area (Å²) >= 11 is 5.75. The van der Waals surface area contributed by atoms with Gasteiger partial charge in [0, 0.05) is 11.1 Å². The second kappa shape index (κ2) is 5.88. The molecule has 1 amide bonds. The highest BCUT2D eigenvalue weighted by molar-refractivity contribution is 6.31. The third-order valence-electron chi connectivity index (χ3n) is 2.86. The highest BCUT2D eigenvalue weighted by Crippen LogP contribution is 2.25. The number of nitro groups is 1. The Bertz CT molecular complexity index is 714. The van der Waals surface area contributed by atoms with Crippen LogP contribution in [0.4, 0.5) is 15.8 Å². The van der Waals surface area contributed by atoms with Crippen molar-refractivity contribution in [2.24, 2.45) is 0 Å². The average Bonchev–Trinajstić information content (AvgIpc) is 2.42. The maximum atomic E-state index is 13.7. The number of carbonyl (C=O) groups is 1. The molecule has 2 aromatic carbocycles. The van der Waals surface area contributed by atoms with Gasteiger partial charge in [-0.25, -0.2) is 4.39 Å². The van der Waals surface area contributed by atoms with Gasteiger partial charge in [0.15, 0.2) is 0 Å². The van der Waals surface area contributed by atoms with Crippen LogP contribution in [0.1, 0.15) is 15.9 Å². The molecule has 2 rings (SSSR count). The Balaban J connectivity index is 2.41. The number of hydrogen-bond donors (Lipinski definition) is 1. The molecule has 108 valence electrons. The van der Waals surface area contributed by atoms with Crippen LogP contribution < -0.4 is 5.32 Å².